The number of nitrogens with one attached hydrogen (secondary N) is 3. The third kappa shape index (κ3) is 4.46. The van der Waals surface area contributed by atoms with Crippen molar-refractivity contribution in [1.82, 2.24) is 20.9 Å². The Kier molecular flexibility index (Phi) is 6.44. The van der Waals surface area contributed by atoms with Crippen molar-refractivity contribution in [2.75, 3.05) is 6.54 Å². The number of nitrogens with zero attached hydrogens (tertiary/aromatic N) is 1. The van der Waals surface area contributed by atoms with E-state index in [9.17, 15) is 19.2 Å². The lowest BCUT2D eigenvalue weighted by molar-refractivity contribution is -0.134. The number of carbonyl (C=O) groups excluding carboxylic acids is 4. The quantitative estimate of drug-likeness (QED) is 0.611. The molecule has 0 bridgehead atoms. The first-order chi connectivity index (χ1) is 15.9. The number of hydrogen-bond donors (Lipinski definition) is 3. The summed E-state index contributed by atoms with van der Waals surface area (Å²) in [5.74, 6) is -0.958. The van der Waals surface area contributed by atoms with E-state index in [0.29, 0.717) is 17.0 Å². The van der Waals surface area contributed by atoms with Crippen LogP contribution in [0.2, 0.25) is 0 Å². The summed E-state index contributed by atoms with van der Waals surface area (Å²) in [7, 11) is 0. The summed E-state index contributed by atoms with van der Waals surface area (Å²) in [6.45, 7) is 1.52. The second-order valence-electron chi connectivity index (χ2n) is 8.69. The van der Waals surface area contributed by atoms with E-state index in [0.717, 1.165) is 30.6 Å². The highest BCUT2D eigenvalue weighted by atomic mass is 16.2. The molecule has 0 spiro atoms. The molecule has 3 N–H and O–H groups in total. The lowest BCUT2D eigenvalue weighted by Gasteiger charge is -2.29. The van der Waals surface area contributed by atoms with Crippen molar-refractivity contribution in [3.63, 3.8) is 0 Å². The summed E-state index contributed by atoms with van der Waals surface area (Å²) < 4.78 is 0. The second-order valence-corrected chi connectivity index (χ2v) is 8.69. The molecule has 33 heavy (non-hydrogen) atoms. The van der Waals surface area contributed by atoms with Gasteiger partial charge in [0.15, 0.2) is 5.54 Å². The Morgan fingerprint density at radius 3 is 2.12 bits per heavy atom. The van der Waals surface area contributed by atoms with Gasteiger partial charge in [0.05, 0.1) is 0 Å². The number of urea groups is 2. The largest absolute Gasteiger partial charge is 0.335 e. The SMILES string of the molecule is C[C@H]1CCCC[C@@H]1NC(=O)NC(=O)CN1C(=O)NC(c2ccccc2)(c2ccccc2)C1=O. The van der Waals surface area contributed by atoms with E-state index < -0.39 is 36.0 Å². The van der Waals surface area contributed by atoms with Crippen molar-refractivity contribution in [3.8, 4) is 0 Å². The van der Waals surface area contributed by atoms with Crippen molar-refractivity contribution in [2.24, 2.45) is 5.92 Å². The number of carbonyl (C=O) groups is 4. The fraction of sp³-hybridized carbons (Fsp3) is 0.360. The van der Waals surface area contributed by atoms with E-state index in [1.165, 1.54) is 0 Å². The predicted octanol–water partition coefficient (Wildman–Crippen LogP) is 2.89. The molecule has 1 heterocycles. The van der Waals surface area contributed by atoms with Gasteiger partial charge in [-0.1, -0.05) is 80.4 Å². The van der Waals surface area contributed by atoms with Gasteiger partial charge < -0.3 is 10.6 Å². The minimum absolute atomic E-state index is 0.00655. The van der Waals surface area contributed by atoms with Gasteiger partial charge in [-0.05, 0) is 29.9 Å². The van der Waals surface area contributed by atoms with E-state index in [4.69, 9.17) is 0 Å². The molecule has 1 saturated heterocycles. The van der Waals surface area contributed by atoms with Crippen LogP contribution in [0, 0.1) is 5.92 Å². The minimum atomic E-state index is -1.44. The lowest BCUT2D eigenvalue weighted by atomic mass is 9.82. The topological polar surface area (TPSA) is 108 Å². The summed E-state index contributed by atoms with van der Waals surface area (Å²) in [6.07, 6.45) is 4.07. The molecule has 1 aliphatic heterocycles. The smallest absolute Gasteiger partial charge is 0.326 e. The number of benzene rings is 2. The number of amides is 6. The molecule has 6 amide bonds. The molecule has 2 aliphatic rings. The Bertz CT molecular complexity index is 1000. The minimum Gasteiger partial charge on any atom is -0.335 e. The van der Waals surface area contributed by atoms with Gasteiger partial charge in [0.25, 0.3) is 5.91 Å². The fourth-order valence-electron chi connectivity index (χ4n) is 4.70. The molecule has 0 radical (unpaired) electrons. The highest BCUT2D eigenvalue weighted by Crippen LogP contribution is 2.35. The van der Waals surface area contributed by atoms with Gasteiger partial charge in [0.2, 0.25) is 5.91 Å². The Morgan fingerprint density at radius 1 is 0.970 bits per heavy atom. The number of hydrogen-bond acceptors (Lipinski definition) is 4. The molecule has 2 aromatic carbocycles. The standard InChI is InChI=1S/C25H28N4O4/c1-17-10-8-9-15-20(17)26-23(32)27-21(30)16-29-22(31)25(28-24(29)33,18-11-4-2-5-12-18)19-13-6-3-7-14-19/h2-7,11-14,17,20H,8-10,15-16H2,1H3,(H,28,33)(H2,26,27,30,32)/t17-,20-/m0/s1. The molecule has 2 fully saturated rings. The predicted molar refractivity (Wildman–Crippen MR) is 122 cm³/mol. The third-order valence-corrected chi connectivity index (χ3v) is 6.50. The van der Waals surface area contributed by atoms with Crippen molar-refractivity contribution in [1.29, 1.82) is 0 Å². The van der Waals surface area contributed by atoms with Crippen LogP contribution >= 0.6 is 0 Å². The molecular weight excluding hydrogens is 420 g/mol. The summed E-state index contributed by atoms with van der Waals surface area (Å²) in [5.41, 5.74) is -0.275. The van der Waals surface area contributed by atoms with Crippen LogP contribution < -0.4 is 16.0 Å². The second kappa shape index (κ2) is 9.44. The molecule has 172 valence electrons. The summed E-state index contributed by atoms with van der Waals surface area (Å²) in [6, 6.07) is 16.5. The number of imide groups is 2. The van der Waals surface area contributed by atoms with E-state index in [-0.39, 0.29) is 6.04 Å². The molecule has 0 unspecified atom stereocenters. The Labute approximate surface area is 192 Å². The Hall–Kier alpha value is -3.68. The van der Waals surface area contributed by atoms with Gasteiger partial charge in [0, 0.05) is 6.04 Å². The van der Waals surface area contributed by atoms with Gasteiger partial charge in [0.1, 0.15) is 6.54 Å². The van der Waals surface area contributed by atoms with Crippen molar-refractivity contribution >= 4 is 23.9 Å². The first-order valence-corrected chi connectivity index (χ1v) is 11.3. The molecule has 8 heteroatoms. The zero-order valence-electron chi connectivity index (χ0n) is 18.5. The normalized spacial score (nSPS) is 21.9. The molecule has 2 aromatic rings. The average molecular weight is 449 g/mol. The highest BCUT2D eigenvalue weighted by Gasteiger charge is 2.54. The third-order valence-electron chi connectivity index (χ3n) is 6.50. The van der Waals surface area contributed by atoms with Gasteiger partial charge >= 0.3 is 12.1 Å². The van der Waals surface area contributed by atoms with Crippen LogP contribution in [-0.4, -0.2) is 41.4 Å². The first-order valence-electron chi connectivity index (χ1n) is 11.3. The first kappa shape index (κ1) is 22.5. The van der Waals surface area contributed by atoms with Crippen LogP contribution in [-0.2, 0) is 15.1 Å². The molecule has 1 saturated carbocycles. The molecule has 4 rings (SSSR count). The monoisotopic (exact) mass is 448 g/mol. The van der Waals surface area contributed by atoms with Crippen molar-refractivity contribution in [3.05, 3.63) is 71.8 Å². The van der Waals surface area contributed by atoms with E-state index >= 15 is 0 Å². The number of rotatable bonds is 5. The van der Waals surface area contributed by atoms with E-state index in [2.05, 4.69) is 22.9 Å². The van der Waals surface area contributed by atoms with Gasteiger partial charge in [-0.2, -0.15) is 0 Å². The van der Waals surface area contributed by atoms with Crippen LogP contribution in [0.15, 0.2) is 60.7 Å². The molecular formula is C25H28N4O4. The summed E-state index contributed by atoms with van der Waals surface area (Å²) >= 11 is 0. The maximum atomic E-state index is 13.6. The fourth-order valence-corrected chi connectivity index (χ4v) is 4.70. The molecule has 2 atom stereocenters. The summed E-state index contributed by atoms with van der Waals surface area (Å²) in [5, 5.41) is 7.89. The van der Waals surface area contributed by atoms with E-state index in [1.807, 2.05) is 12.1 Å². The average Bonchev–Trinajstić information content (AvgIpc) is 3.07. The zero-order chi connectivity index (χ0) is 23.4. The molecule has 1 aliphatic carbocycles. The van der Waals surface area contributed by atoms with Crippen LogP contribution in [0.1, 0.15) is 43.7 Å². The van der Waals surface area contributed by atoms with Crippen molar-refractivity contribution < 1.29 is 19.2 Å². The van der Waals surface area contributed by atoms with Gasteiger partial charge in [-0.25, -0.2) is 9.59 Å². The van der Waals surface area contributed by atoms with Crippen LogP contribution in [0.25, 0.3) is 0 Å². The lowest BCUT2D eigenvalue weighted by Crippen LogP contribution is -2.51. The summed E-state index contributed by atoms with van der Waals surface area (Å²) in [4.78, 5) is 52.2. The highest BCUT2D eigenvalue weighted by molar-refractivity contribution is 6.12. The van der Waals surface area contributed by atoms with Crippen molar-refractivity contribution in [2.45, 2.75) is 44.2 Å². The van der Waals surface area contributed by atoms with E-state index in [1.54, 1.807) is 48.5 Å². The van der Waals surface area contributed by atoms with Gasteiger partial charge in [-0.15, -0.1) is 0 Å². The maximum Gasteiger partial charge on any atom is 0.326 e. The molecule has 8 nitrogen and oxygen atoms in total. The zero-order valence-corrected chi connectivity index (χ0v) is 18.5. The van der Waals surface area contributed by atoms with Gasteiger partial charge in [-0.3, -0.25) is 19.8 Å². The Balaban J connectivity index is 1.50. The Morgan fingerprint density at radius 2 is 1.55 bits per heavy atom. The van der Waals surface area contributed by atoms with Crippen LogP contribution in [0.5, 0.6) is 0 Å². The van der Waals surface area contributed by atoms with Crippen LogP contribution in [0.3, 0.4) is 0 Å². The van der Waals surface area contributed by atoms with Crippen LogP contribution in [0.4, 0.5) is 9.59 Å². The maximum absolute atomic E-state index is 13.6. The molecule has 0 aromatic heterocycles.